The maximum atomic E-state index is 9.00. The first-order chi connectivity index (χ1) is 7.31. The number of rotatable bonds is 2. The Balaban J connectivity index is 2.22. The highest BCUT2D eigenvalue weighted by Gasteiger charge is 2.17. The minimum absolute atomic E-state index is 0.346. The fourth-order valence-corrected chi connectivity index (χ4v) is 1.80. The quantitative estimate of drug-likeness (QED) is 0.798. The van der Waals surface area contributed by atoms with Crippen molar-refractivity contribution < 1.29 is 4.74 Å². The van der Waals surface area contributed by atoms with E-state index in [9.17, 15) is 0 Å². The van der Waals surface area contributed by atoms with Gasteiger partial charge in [-0.1, -0.05) is 12.1 Å². The molecule has 0 saturated carbocycles. The summed E-state index contributed by atoms with van der Waals surface area (Å²) < 4.78 is 5.30. The molecule has 0 radical (unpaired) electrons. The highest BCUT2D eigenvalue weighted by Crippen LogP contribution is 2.22. The van der Waals surface area contributed by atoms with E-state index >= 15 is 0 Å². The van der Waals surface area contributed by atoms with Crippen LogP contribution < -0.4 is 5.32 Å². The zero-order valence-corrected chi connectivity index (χ0v) is 8.79. The van der Waals surface area contributed by atoms with E-state index < -0.39 is 0 Å². The normalized spacial score (nSPS) is 19.9. The van der Waals surface area contributed by atoms with Crippen LogP contribution in [0.25, 0.3) is 0 Å². The summed E-state index contributed by atoms with van der Waals surface area (Å²) in [4.78, 5) is 0. The number of ether oxygens (including phenoxy) is 1. The van der Waals surface area contributed by atoms with Crippen LogP contribution in [0.1, 0.15) is 17.5 Å². The van der Waals surface area contributed by atoms with Gasteiger partial charge >= 0.3 is 0 Å². The molecular formula is C12H14N2O. The zero-order valence-electron chi connectivity index (χ0n) is 8.79. The lowest BCUT2D eigenvalue weighted by Crippen LogP contribution is -2.20. The summed E-state index contributed by atoms with van der Waals surface area (Å²) in [5.41, 5.74) is 2.78. The molecule has 1 atom stereocenters. The Morgan fingerprint density at radius 1 is 1.53 bits per heavy atom. The molecule has 1 unspecified atom stereocenters. The number of benzene rings is 1. The van der Waals surface area contributed by atoms with Gasteiger partial charge in [0.1, 0.15) is 6.07 Å². The molecule has 78 valence electrons. The fraction of sp³-hybridized carbons (Fsp3) is 0.417. The lowest BCUT2D eigenvalue weighted by atomic mass is 10.1. The second-order valence-corrected chi connectivity index (χ2v) is 3.81. The van der Waals surface area contributed by atoms with Gasteiger partial charge in [-0.05, 0) is 25.0 Å². The van der Waals surface area contributed by atoms with Crippen LogP contribution in [0.3, 0.4) is 0 Å². The molecule has 0 spiro atoms. The van der Waals surface area contributed by atoms with Crippen LogP contribution in [0.4, 0.5) is 5.69 Å². The maximum absolute atomic E-state index is 9.00. The van der Waals surface area contributed by atoms with Crippen molar-refractivity contribution in [2.24, 2.45) is 0 Å². The van der Waals surface area contributed by atoms with Crippen LogP contribution in [0, 0.1) is 18.3 Å². The monoisotopic (exact) mass is 202 g/mol. The third kappa shape index (κ3) is 2.11. The van der Waals surface area contributed by atoms with Gasteiger partial charge in [-0.25, -0.2) is 0 Å². The van der Waals surface area contributed by atoms with E-state index in [0.717, 1.165) is 30.9 Å². The van der Waals surface area contributed by atoms with Crippen molar-refractivity contribution in [2.75, 3.05) is 18.5 Å². The largest absolute Gasteiger partial charge is 0.379 e. The van der Waals surface area contributed by atoms with Crippen LogP contribution in [-0.4, -0.2) is 19.3 Å². The molecule has 0 bridgehead atoms. The van der Waals surface area contributed by atoms with Crippen molar-refractivity contribution in [1.82, 2.24) is 0 Å². The molecule has 1 fully saturated rings. The molecule has 3 heteroatoms. The number of hydrogen-bond acceptors (Lipinski definition) is 3. The highest BCUT2D eigenvalue weighted by molar-refractivity contribution is 5.62. The van der Waals surface area contributed by atoms with Gasteiger partial charge in [0.15, 0.2) is 0 Å². The van der Waals surface area contributed by atoms with E-state index in [1.165, 1.54) is 0 Å². The number of nitriles is 1. The van der Waals surface area contributed by atoms with Crippen molar-refractivity contribution in [3.05, 3.63) is 29.3 Å². The number of aryl methyl sites for hydroxylation is 1. The molecule has 2 rings (SSSR count). The first-order valence-corrected chi connectivity index (χ1v) is 5.15. The molecule has 1 aromatic rings. The third-order valence-electron chi connectivity index (χ3n) is 2.67. The first kappa shape index (κ1) is 10.0. The number of nitrogens with zero attached hydrogens (tertiary/aromatic N) is 1. The lowest BCUT2D eigenvalue weighted by molar-refractivity contribution is 0.195. The Morgan fingerprint density at radius 3 is 3.07 bits per heavy atom. The van der Waals surface area contributed by atoms with Crippen LogP contribution in [-0.2, 0) is 4.74 Å². The summed E-state index contributed by atoms with van der Waals surface area (Å²) >= 11 is 0. The molecule has 1 N–H and O–H groups in total. The van der Waals surface area contributed by atoms with Gasteiger partial charge in [0.2, 0.25) is 0 Å². The van der Waals surface area contributed by atoms with Crippen molar-refractivity contribution >= 4 is 5.69 Å². The van der Waals surface area contributed by atoms with Gasteiger partial charge in [0.25, 0.3) is 0 Å². The molecule has 1 aromatic carbocycles. The zero-order chi connectivity index (χ0) is 10.7. The Kier molecular flexibility index (Phi) is 2.89. The van der Waals surface area contributed by atoms with Crippen LogP contribution in [0.5, 0.6) is 0 Å². The van der Waals surface area contributed by atoms with Crippen molar-refractivity contribution in [2.45, 2.75) is 19.4 Å². The minimum atomic E-state index is 0.346. The van der Waals surface area contributed by atoms with Gasteiger partial charge in [-0.15, -0.1) is 0 Å². The first-order valence-electron chi connectivity index (χ1n) is 5.15. The minimum Gasteiger partial charge on any atom is -0.379 e. The molecule has 1 aliphatic rings. The predicted octanol–water partition coefficient (Wildman–Crippen LogP) is 2.07. The van der Waals surface area contributed by atoms with Crippen molar-refractivity contribution in [3.63, 3.8) is 0 Å². The molecule has 1 aliphatic heterocycles. The van der Waals surface area contributed by atoms with E-state index in [0.29, 0.717) is 11.6 Å². The standard InChI is InChI=1S/C12H14N2O/c1-9-3-2-4-10(7-13)12(9)14-11-5-6-15-8-11/h2-4,11,14H,5-6,8H2,1H3. The Labute approximate surface area is 89.7 Å². The molecule has 15 heavy (non-hydrogen) atoms. The van der Waals surface area contributed by atoms with Crippen LogP contribution in [0.15, 0.2) is 18.2 Å². The summed E-state index contributed by atoms with van der Waals surface area (Å²) in [6.07, 6.45) is 1.01. The van der Waals surface area contributed by atoms with Gasteiger partial charge in [-0.3, -0.25) is 0 Å². The fourth-order valence-electron chi connectivity index (χ4n) is 1.80. The van der Waals surface area contributed by atoms with Gasteiger partial charge in [0, 0.05) is 6.61 Å². The van der Waals surface area contributed by atoms with Crippen molar-refractivity contribution in [1.29, 1.82) is 5.26 Å². The second-order valence-electron chi connectivity index (χ2n) is 3.81. The van der Waals surface area contributed by atoms with Gasteiger partial charge < -0.3 is 10.1 Å². The van der Waals surface area contributed by atoms with E-state index in [4.69, 9.17) is 10.00 Å². The predicted molar refractivity (Wildman–Crippen MR) is 58.7 cm³/mol. The van der Waals surface area contributed by atoms with E-state index in [1.54, 1.807) is 0 Å². The highest BCUT2D eigenvalue weighted by atomic mass is 16.5. The molecule has 0 aromatic heterocycles. The summed E-state index contributed by atoms with van der Waals surface area (Å²) in [6, 6.07) is 8.31. The summed E-state index contributed by atoms with van der Waals surface area (Å²) in [5, 5.41) is 12.4. The summed E-state index contributed by atoms with van der Waals surface area (Å²) in [7, 11) is 0. The number of nitrogens with one attached hydrogen (secondary N) is 1. The van der Waals surface area contributed by atoms with Crippen molar-refractivity contribution in [3.8, 4) is 6.07 Å². The van der Waals surface area contributed by atoms with Crippen LogP contribution in [0.2, 0.25) is 0 Å². The number of anilines is 1. The summed E-state index contributed by atoms with van der Waals surface area (Å²) in [6.45, 7) is 3.56. The summed E-state index contributed by atoms with van der Waals surface area (Å²) in [5.74, 6) is 0. The van der Waals surface area contributed by atoms with Gasteiger partial charge in [0.05, 0.1) is 23.9 Å². The molecule has 0 amide bonds. The molecule has 1 saturated heterocycles. The third-order valence-corrected chi connectivity index (χ3v) is 2.67. The Morgan fingerprint density at radius 2 is 2.40 bits per heavy atom. The van der Waals surface area contributed by atoms with E-state index in [2.05, 4.69) is 11.4 Å². The van der Waals surface area contributed by atoms with E-state index in [-0.39, 0.29) is 0 Å². The second kappa shape index (κ2) is 4.33. The average Bonchev–Trinajstić information content (AvgIpc) is 2.74. The Bertz CT molecular complexity index is 389. The van der Waals surface area contributed by atoms with E-state index in [1.807, 2.05) is 25.1 Å². The molecule has 3 nitrogen and oxygen atoms in total. The molecule has 1 heterocycles. The number of para-hydroxylation sites is 1. The maximum Gasteiger partial charge on any atom is 0.101 e. The molecule has 0 aliphatic carbocycles. The smallest absolute Gasteiger partial charge is 0.101 e. The topological polar surface area (TPSA) is 45.0 Å². The average molecular weight is 202 g/mol. The Hall–Kier alpha value is -1.53. The number of hydrogen-bond donors (Lipinski definition) is 1. The van der Waals surface area contributed by atoms with Crippen LogP contribution >= 0.6 is 0 Å². The SMILES string of the molecule is Cc1cccc(C#N)c1NC1CCOC1. The lowest BCUT2D eigenvalue weighted by Gasteiger charge is -2.15. The molecular weight excluding hydrogens is 188 g/mol. The van der Waals surface area contributed by atoms with Gasteiger partial charge in [-0.2, -0.15) is 5.26 Å².